The maximum atomic E-state index is 12.4. The van der Waals surface area contributed by atoms with Crippen LogP contribution < -0.4 is 15.4 Å². The first kappa shape index (κ1) is 18.8. The topological polar surface area (TPSA) is 68.2 Å². The van der Waals surface area contributed by atoms with Gasteiger partial charge in [0.25, 0.3) is 0 Å². The molecule has 0 bridgehead atoms. The fourth-order valence-corrected chi connectivity index (χ4v) is 3.03. The number of anilines is 2. The lowest BCUT2D eigenvalue weighted by Gasteiger charge is -2.11. The van der Waals surface area contributed by atoms with E-state index in [2.05, 4.69) is 15.7 Å². The van der Waals surface area contributed by atoms with Gasteiger partial charge in [-0.2, -0.15) is 5.10 Å². The van der Waals surface area contributed by atoms with Gasteiger partial charge in [-0.05, 0) is 37.6 Å². The predicted octanol–water partition coefficient (Wildman–Crippen LogP) is 4.85. The number of nitrogens with one attached hydrogen (secondary N) is 2. The molecule has 0 aliphatic rings. The molecule has 0 saturated heterocycles. The normalized spacial score (nSPS) is 10.5. The van der Waals surface area contributed by atoms with Crippen LogP contribution >= 0.6 is 11.6 Å². The molecular formula is C20H21ClN4O2. The van der Waals surface area contributed by atoms with Crippen molar-refractivity contribution >= 4 is 29.0 Å². The Bertz CT molecular complexity index is 968. The molecule has 0 saturated carbocycles. The number of para-hydroxylation sites is 2. The van der Waals surface area contributed by atoms with Crippen molar-refractivity contribution < 1.29 is 9.53 Å². The molecule has 0 aliphatic heterocycles. The largest absolute Gasteiger partial charge is 0.495 e. The van der Waals surface area contributed by atoms with E-state index in [-0.39, 0.29) is 6.03 Å². The van der Waals surface area contributed by atoms with Gasteiger partial charge in [-0.15, -0.1) is 0 Å². The Labute approximate surface area is 163 Å². The maximum Gasteiger partial charge on any atom is 0.323 e. The van der Waals surface area contributed by atoms with Crippen molar-refractivity contribution in [2.75, 3.05) is 17.7 Å². The number of halogens is 1. The van der Waals surface area contributed by atoms with Gasteiger partial charge >= 0.3 is 6.03 Å². The zero-order valence-corrected chi connectivity index (χ0v) is 16.2. The highest BCUT2D eigenvalue weighted by Gasteiger charge is 2.16. The summed E-state index contributed by atoms with van der Waals surface area (Å²) in [6.07, 6.45) is 0. The standard InChI is InChI=1S/C20H21ClN4O2/c1-13-19(23-20(26)22-17-10-6-7-11-18(17)27-3)14(2)25(24-13)12-15-8-4-5-9-16(15)21/h4-11H,12H2,1-3H3,(H2,22,23,26). The first-order valence-corrected chi connectivity index (χ1v) is 8.86. The van der Waals surface area contributed by atoms with Crippen molar-refractivity contribution in [2.24, 2.45) is 0 Å². The molecule has 3 rings (SSSR count). The molecule has 6 nitrogen and oxygen atoms in total. The van der Waals surface area contributed by atoms with Crippen LogP contribution in [0.5, 0.6) is 5.75 Å². The van der Waals surface area contributed by atoms with Crippen molar-refractivity contribution in [2.45, 2.75) is 20.4 Å². The minimum atomic E-state index is -0.358. The van der Waals surface area contributed by atoms with E-state index in [1.807, 2.05) is 54.9 Å². The molecule has 2 N–H and O–H groups in total. The van der Waals surface area contributed by atoms with Crippen LogP contribution in [-0.2, 0) is 6.54 Å². The van der Waals surface area contributed by atoms with E-state index in [0.717, 1.165) is 17.0 Å². The lowest BCUT2D eigenvalue weighted by Crippen LogP contribution is -2.20. The SMILES string of the molecule is COc1ccccc1NC(=O)Nc1c(C)nn(Cc2ccccc2Cl)c1C. The van der Waals surface area contributed by atoms with Crippen LogP contribution in [0.4, 0.5) is 16.2 Å². The van der Waals surface area contributed by atoms with Gasteiger partial charge in [0, 0.05) is 5.02 Å². The van der Waals surface area contributed by atoms with Crippen LogP contribution in [0, 0.1) is 13.8 Å². The minimum absolute atomic E-state index is 0.358. The van der Waals surface area contributed by atoms with Gasteiger partial charge in [0.2, 0.25) is 0 Å². The number of carbonyl (C=O) groups excluding carboxylic acids is 1. The van der Waals surface area contributed by atoms with E-state index in [0.29, 0.717) is 28.7 Å². The molecular weight excluding hydrogens is 364 g/mol. The van der Waals surface area contributed by atoms with Gasteiger partial charge in [-0.25, -0.2) is 4.79 Å². The maximum absolute atomic E-state index is 12.4. The number of urea groups is 1. The number of nitrogens with zero attached hydrogens (tertiary/aromatic N) is 2. The molecule has 140 valence electrons. The third kappa shape index (κ3) is 4.23. The molecule has 1 heterocycles. The van der Waals surface area contributed by atoms with Crippen LogP contribution in [0.3, 0.4) is 0 Å². The zero-order chi connectivity index (χ0) is 19.4. The fraction of sp³-hybridized carbons (Fsp3) is 0.200. The Morgan fingerprint density at radius 3 is 2.56 bits per heavy atom. The number of ether oxygens (including phenoxy) is 1. The molecule has 0 fully saturated rings. The summed E-state index contributed by atoms with van der Waals surface area (Å²) in [6.45, 7) is 4.30. The van der Waals surface area contributed by atoms with E-state index >= 15 is 0 Å². The summed E-state index contributed by atoms with van der Waals surface area (Å²) >= 11 is 6.24. The third-order valence-electron chi connectivity index (χ3n) is 4.25. The summed E-state index contributed by atoms with van der Waals surface area (Å²) in [4.78, 5) is 12.4. The van der Waals surface area contributed by atoms with Crippen molar-refractivity contribution in [1.82, 2.24) is 9.78 Å². The van der Waals surface area contributed by atoms with E-state index in [9.17, 15) is 4.79 Å². The summed E-state index contributed by atoms with van der Waals surface area (Å²) in [6, 6.07) is 14.5. The van der Waals surface area contributed by atoms with E-state index in [1.165, 1.54) is 0 Å². The Morgan fingerprint density at radius 2 is 1.81 bits per heavy atom. The van der Waals surface area contributed by atoms with Gasteiger partial charge in [0.15, 0.2) is 0 Å². The number of aryl methyl sites for hydroxylation is 1. The molecule has 7 heteroatoms. The van der Waals surface area contributed by atoms with Crippen molar-refractivity contribution in [3.63, 3.8) is 0 Å². The van der Waals surface area contributed by atoms with Gasteiger partial charge in [0.05, 0.1) is 36.4 Å². The van der Waals surface area contributed by atoms with Crippen molar-refractivity contribution in [3.8, 4) is 5.75 Å². The van der Waals surface area contributed by atoms with E-state index in [1.54, 1.807) is 19.2 Å². The molecule has 0 spiro atoms. The molecule has 0 unspecified atom stereocenters. The predicted molar refractivity (Wildman–Crippen MR) is 108 cm³/mol. The summed E-state index contributed by atoms with van der Waals surface area (Å²) in [5.74, 6) is 0.593. The number of benzene rings is 2. The summed E-state index contributed by atoms with van der Waals surface area (Å²) in [5.41, 5.74) is 3.82. The summed E-state index contributed by atoms with van der Waals surface area (Å²) in [5, 5.41) is 10.9. The van der Waals surface area contributed by atoms with Crippen LogP contribution in [0.15, 0.2) is 48.5 Å². The molecule has 0 atom stereocenters. The summed E-state index contributed by atoms with van der Waals surface area (Å²) in [7, 11) is 1.56. The molecule has 27 heavy (non-hydrogen) atoms. The van der Waals surface area contributed by atoms with Crippen LogP contribution in [0.25, 0.3) is 0 Å². The number of carbonyl (C=O) groups is 1. The average Bonchev–Trinajstić information content (AvgIpc) is 2.91. The second-order valence-electron chi connectivity index (χ2n) is 6.07. The highest BCUT2D eigenvalue weighted by Crippen LogP contribution is 2.25. The first-order valence-electron chi connectivity index (χ1n) is 8.48. The Balaban J connectivity index is 1.76. The second-order valence-corrected chi connectivity index (χ2v) is 6.48. The molecule has 2 amide bonds. The van der Waals surface area contributed by atoms with Crippen LogP contribution in [0.1, 0.15) is 17.0 Å². The lowest BCUT2D eigenvalue weighted by atomic mass is 10.2. The van der Waals surface area contributed by atoms with Gasteiger partial charge in [-0.1, -0.05) is 41.9 Å². The van der Waals surface area contributed by atoms with Crippen molar-refractivity contribution in [1.29, 1.82) is 0 Å². The molecule has 3 aromatic rings. The Hall–Kier alpha value is -2.99. The van der Waals surface area contributed by atoms with Crippen LogP contribution in [0.2, 0.25) is 5.02 Å². The third-order valence-corrected chi connectivity index (χ3v) is 4.62. The van der Waals surface area contributed by atoms with Gasteiger partial charge in [-0.3, -0.25) is 4.68 Å². The molecule has 1 aromatic heterocycles. The fourth-order valence-electron chi connectivity index (χ4n) is 2.83. The number of hydrogen-bond acceptors (Lipinski definition) is 3. The highest BCUT2D eigenvalue weighted by atomic mass is 35.5. The first-order chi connectivity index (χ1) is 13.0. The number of amides is 2. The van der Waals surface area contributed by atoms with Gasteiger partial charge < -0.3 is 15.4 Å². The number of methoxy groups -OCH3 is 1. The Kier molecular flexibility index (Phi) is 5.66. The minimum Gasteiger partial charge on any atom is -0.495 e. The van der Waals surface area contributed by atoms with Gasteiger partial charge in [0.1, 0.15) is 5.75 Å². The smallest absolute Gasteiger partial charge is 0.323 e. The van der Waals surface area contributed by atoms with Crippen LogP contribution in [-0.4, -0.2) is 22.9 Å². The highest BCUT2D eigenvalue weighted by molar-refractivity contribution is 6.31. The molecule has 2 aromatic carbocycles. The number of rotatable bonds is 5. The van der Waals surface area contributed by atoms with E-state index in [4.69, 9.17) is 16.3 Å². The average molecular weight is 385 g/mol. The van der Waals surface area contributed by atoms with E-state index < -0.39 is 0 Å². The summed E-state index contributed by atoms with van der Waals surface area (Å²) < 4.78 is 7.08. The molecule has 0 radical (unpaired) electrons. The Morgan fingerprint density at radius 1 is 1.11 bits per heavy atom. The quantitative estimate of drug-likeness (QED) is 0.660. The lowest BCUT2D eigenvalue weighted by molar-refractivity contribution is 0.262. The molecule has 0 aliphatic carbocycles. The second kappa shape index (κ2) is 8.14. The zero-order valence-electron chi connectivity index (χ0n) is 15.4. The number of hydrogen-bond donors (Lipinski definition) is 2. The monoisotopic (exact) mass is 384 g/mol. The van der Waals surface area contributed by atoms with Crippen molar-refractivity contribution in [3.05, 3.63) is 70.5 Å². The number of aromatic nitrogens is 2.